The van der Waals surface area contributed by atoms with Crippen LogP contribution in [0, 0.1) is 18.6 Å². The van der Waals surface area contributed by atoms with Gasteiger partial charge in [0.25, 0.3) is 0 Å². The second-order valence-corrected chi connectivity index (χ2v) is 6.24. The summed E-state index contributed by atoms with van der Waals surface area (Å²) in [5.41, 5.74) is 2.02. The highest BCUT2D eigenvalue weighted by atomic mass is 79.9. The van der Waals surface area contributed by atoms with Gasteiger partial charge in [0.2, 0.25) is 0 Å². The van der Waals surface area contributed by atoms with Crippen molar-refractivity contribution >= 4 is 15.9 Å². The molecule has 112 valence electrons. The standard InChI is InChI=1S/C15H16BrF2N3/c1-9-10(6-19-11-2-3-11)7-20-21(9)8-12-14(17)5-4-13(16)15(12)18/h4-5,7,11,19H,2-3,6,8H2,1H3. The lowest BCUT2D eigenvalue weighted by molar-refractivity contribution is 0.525. The Morgan fingerprint density at radius 2 is 2.14 bits per heavy atom. The summed E-state index contributed by atoms with van der Waals surface area (Å²) in [4.78, 5) is 0. The van der Waals surface area contributed by atoms with E-state index in [1.165, 1.54) is 25.0 Å². The van der Waals surface area contributed by atoms with E-state index < -0.39 is 11.6 Å². The third-order valence-corrected chi connectivity index (χ3v) is 4.42. The zero-order valence-electron chi connectivity index (χ0n) is 11.7. The summed E-state index contributed by atoms with van der Waals surface area (Å²) >= 11 is 3.08. The maximum Gasteiger partial charge on any atom is 0.145 e. The van der Waals surface area contributed by atoms with Crippen molar-refractivity contribution in [3.05, 3.63) is 51.3 Å². The lowest BCUT2D eigenvalue weighted by Gasteiger charge is -2.09. The van der Waals surface area contributed by atoms with Gasteiger partial charge in [-0.3, -0.25) is 4.68 Å². The molecule has 3 rings (SSSR count). The van der Waals surface area contributed by atoms with Crippen LogP contribution in [0.1, 0.15) is 29.7 Å². The van der Waals surface area contributed by atoms with E-state index in [4.69, 9.17) is 0 Å². The third-order valence-electron chi connectivity index (χ3n) is 3.81. The molecule has 0 bridgehead atoms. The molecule has 0 unspecified atom stereocenters. The number of halogens is 3. The Morgan fingerprint density at radius 1 is 1.38 bits per heavy atom. The Morgan fingerprint density at radius 3 is 2.86 bits per heavy atom. The molecule has 0 aliphatic heterocycles. The van der Waals surface area contributed by atoms with Crippen LogP contribution in [0.4, 0.5) is 8.78 Å². The first-order valence-electron chi connectivity index (χ1n) is 6.93. The maximum atomic E-state index is 14.0. The zero-order valence-corrected chi connectivity index (χ0v) is 13.3. The van der Waals surface area contributed by atoms with E-state index in [9.17, 15) is 8.78 Å². The second-order valence-electron chi connectivity index (χ2n) is 5.39. The molecule has 1 fully saturated rings. The largest absolute Gasteiger partial charge is 0.310 e. The molecule has 0 atom stereocenters. The number of rotatable bonds is 5. The fourth-order valence-electron chi connectivity index (χ4n) is 2.22. The smallest absolute Gasteiger partial charge is 0.145 e. The zero-order chi connectivity index (χ0) is 15.0. The van der Waals surface area contributed by atoms with Crippen LogP contribution in [0.15, 0.2) is 22.8 Å². The van der Waals surface area contributed by atoms with Crippen molar-refractivity contribution in [2.45, 2.75) is 38.9 Å². The summed E-state index contributed by atoms with van der Waals surface area (Å²) in [7, 11) is 0. The van der Waals surface area contributed by atoms with E-state index >= 15 is 0 Å². The molecule has 0 radical (unpaired) electrons. The van der Waals surface area contributed by atoms with Crippen LogP contribution in [-0.4, -0.2) is 15.8 Å². The van der Waals surface area contributed by atoms with E-state index in [1.807, 2.05) is 6.92 Å². The number of hydrogen-bond donors (Lipinski definition) is 1. The average molecular weight is 356 g/mol. The first-order chi connectivity index (χ1) is 10.1. The van der Waals surface area contributed by atoms with Crippen molar-refractivity contribution in [1.82, 2.24) is 15.1 Å². The molecular weight excluding hydrogens is 340 g/mol. The lowest BCUT2D eigenvalue weighted by Crippen LogP contribution is -2.16. The van der Waals surface area contributed by atoms with Crippen LogP contribution in [0.5, 0.6) is 0 Å². The van der Waals surface area contributed by atoms with Gasteiger partial charge in [-0.25, -0.2) is 8.78 Å². The number of benzene rings is 1. The molecule has 21 heavy (non-hydrogen) atoms. The van der Waals surface area contributed by atoms with Gasteiger partial charge in [0.15, 0.2) is 0 Å². The molecule has 1 aliphatic carbocycles. The Balaban J connectivity index is 1.80. The molecule has 1 aliphatic rings. The van der Waals surface area contributed by atoms with Crippen LogP contribution in [0.3, 0.4) is 0 Å². The molecule has 3 nitrogen and oxygen atoms in total. The van der Waals surface area contributed by atoms with Gasteiger partial charge in [0, 0.05) is 29.4 Å². The first-order valence-corrected chi connectivity index (χ1v) is 7.72. The summed E-state index contributed by atoms with van der Waals surface area (Å²) in [5, 5.41) is 7.66. The molecule has 1 saturated carbocycles. The van der Waals surface area contributed by atoms with Gasteiger partial charge in [-0.05, 0) is 47.8 Å². The number of hydrogen-bond acceptors (Lipinski definition) is 2. The quantitative estimate of drug-likeness (QED) is 0.831. The van der Waals surface area contributed by atoms with Gasteiger partial charge >= 0.3 is 0 Å². The van der Waals surface area contributed by atoms with E-state index in [2.05, 4.69) is 26.3 Å². The predicted octanol–water partition coefficient (Wildman–Crippen LogP) is 3.53. The number of nitrogens with zero attached hydrogens (tertiary/aromatic N) is 2. The molecule has 6 heteroatoms. The minimum Gasteiger partial charge on any atom is -0.310 e. The molecule has 0 spiro atoms. The van der Waals surface area contributed by atoms with Crippen LogP contribution >= 0.6 is 15.9 Å². The number of nitrogens with one attached hydrogen (secondary N) is 1. The normalized spacial score (nSPS) is 14.7. The molecule has 1 N–H and O–H groups in total. The van der Waals surface area contributed by atoms with E-state index in [0.29, 0.717) is 6.04 Å². The van der Waals surface area contributed by atoms with Crippen molar-refractivity contribution in [3.8, 4) is 0 Å². The summed E-state index contributed by atoms with van der Waals surface area (Å²) < 4.78 is 29.7. The molecule has 1 heterocycles. The second kappa shape index (κ2) is 5.85. The van der Waals surface area contributed by atoms with Crippen molar-refractivity contribution in [2.24, 2.45) is 0 Å². The van der Waals surface area contributed by atoms with Crippen LogP contribution < -0.4 is 5.32 Å². The van der Waals surface area contributed by atoms with Crippen LogP contribution in [0.2, 0.25) is 0 Å². The van der Waals surface area contributed by atoms with E-state index in [-0.39, 0.29) is 16.6 Å². The molecule has 1 aromatic carbocycles. The summed E-state index contributed by atoms with van der Waals surface area (Å²) in [6.07, 6.45) is 4.21. The highest BCUT2D eigenvalue weighted by Gasteiger charge is 2.21. The van der Waals surface area contributed by atoms with Gasteiger partial charge in [0.1, 0.15) is 11.6 Å². The van der Waals surface area contributed by atoms with Crippen LogP contribution in [-0.2, 0) is 13.1 Å². The predicted molar refractivity (Wildman–Crippen MR) is 80.0 cm³/mol. The van der Waals surface area contributed by atoms with Gasteiger partial charge in [-0.2, -0.15) is 5.10 Å². The number of aromatic nitrogens is 2. The lowest BCUT2D eigenvalue weighted by atomic mass is 10.2. The van der Waals surface area contributed by atoms with Gasteiger partial charge in [-0.1, -0.05) is 0 Å². The Bertz CT molecular complexity index is 665. The van der Waals surface area contributed by atoms with Gasteiger partial charge < -0.3 is 5.32 Å². The monoisotopic (exact) mass is 355 g/mol. The van der Waals surface area contributed by atoms with Crippen molar-refractivity contribution < 1.29 is 8.78 Å². The third kappa shape index (κ3) is 3.16. The van der Waals surface area contributed by atoms with Crippen LogP contribution in [0.25, 0.3) is 0 Å². The minimum atomic E-state index is -0.567. The Labute approximate surface area is 130 Å². The highest BCUT2D eigenvalue weighted by Crippen LogP contribution is 2.23. The Kier molecular flexibility index (Phi) is 4.08. The molecule has 0 saturated heterocycles. The fraction of sp³-hybridized carbons (Fsp3) is 0.400. The minimum absolute atomic E-state index is 0.0253. The molecular formula is C15H16BrF2N3. The Hall–Kier alpha value is -1.27. The fourth-order valence-corrected chi connectivity index (χ4v) is 2.60. The van der Waals surface area contributed by atoms with Gasteiger partial charge in [0.05, 0.1) is 17.2 Å². The summed E-state index contributed by atoms with van der Waals surface area (Å²) in [6.45, 7) is 2.76. The van der Waals surface area contributed by atoms with E-state index in [1.54, 1.807) is 10.9 Å². The van der Waals surface area contributed by atoms with Crippen molar-refractivity contribution in [2.75, 3.05) is 0 Å². The molecule has 1 aromatic heterocycles. The first kappa shape index (κ1) is 14.7. The van der Waals surface area contributed by atoms with Crippen molar-refractivity contribution in [1.29, 1.82) is 0 Å². The molecule has 2 aromatic rings. The summed E-state index contributed by atoms with van der Waals surface area (Å²) in [6, 6.07) is 3.25. The SMILES string of the molecule is Cc1c(CNC2CC2)cnn1Cc1c(F)ccc(Br)c1F. The highest BCUT2D eigenvalue weighted by molar-refractivity contribution is 9.10. The molecule has 0 amide bonds. The summed E-state index contributed by atoms with van der Waals surface area (Å²) in [5.74, 6) is -1.12. The maximum absolute atomic E-state index is 14.0. The van der Waals surface area contributed by atoms with Crippen molar-refractivity contribution in [3.63, 3.8) is 0 Å². The topological polar surface area (TPSA) is 29.9 Å². The van der Waals surface area contributed by atoms with E-state index in [0.717, 1.165) is 17.8 Å². The average Bonchev–Trinajstić information content (AvgIpc) is 3.23. The van der Waals surface area contributed by atoms with Gasteiger partial charge in [-0.15, -0.1) is 0 Å².